The molecular formula is C14H16F2N2O3. The van der Waals surface area contributed by atoms with Gasteiger partial charge >= 0.3 is 0 Å². The number of rotatable bonds is 7. The molecule has 0 radical (unpaired) electrons. The van der Waals surface area contributed by atoms with Gasteiger partial charge in [0.25, 0.3) is 5.91 Å². The first-order valence-electron chi connectivity index (χ1n) is 6.39. The average Bonchev–Trinajstić information content (AvgIpc) is 2.41. The van der Waals surface area contributed by atoms with Crippen LogP contribution in [-0.4, -0.2) is 30.7 Å². The number of amides is 2. The number of hydrogen-bond acceptors (Lipinski definition) is 3. The fraction of sp³-hybridized carbons (Fsp3) is 0.357. The van der Waals surface area contributed by atoms with Crippen LogP contribution in [0, 0.1) is 11.6 Å². The van der Waals surface area contributed by atoms with Gasteiger partial charge in [-0.3, -0.25) is 9.59 Å². The first-order chi connectivity index (χ1) is 9.90. The Kier molecular flexibility index (Phi) is 6.45. The van der Waals surface area contributed by atoms with Crippen molar-refractivity contribution in [3.63, 3.8) is 0 Å². The Morgan fingerprint density at radius 3 is 2.33 bits per heavy atom. The highest BCUT2D eigenvalue weighted by atomic mass is 19.1. The Balaban J connectivity index is 2.31. The van der Waals surface area contributed by atoms with E-state index in [1.165, 1.54) is 6.92 Å². The Hall–Kier alpha value is -2.31. The van der Waals surface area contributed by atoms with Crippen LogP contribution >= 0.6 is 0 Å². The first kappa shape index (κ1) is 16.7. The molecule has 0 aliphatic carbocycles. The van der Waals surface area contributed by atoms with Crippen molar-refractivity contribution in [1.29, 1.82) is 0 Å². The lowest BCUT2D eigenvalue weighted by atomic mass is 10.2. The lowest BCUT2D eigenvalue weighted by Gasteiger charge is -2.07. The number of carbonyl (C=O) groups excluding carboxylic acids is 3. The highest BCUT2D eigenvalue weighted by Gasteiger charge is 2.11. The second-order valence-corrected chi connectivity index (χ2v) is 4.43. The van der Waals surface area contributed by atoms with Crippen molar-refractivity contribution in [2.45, 2.75) is 19.8 Å². The molecule has 1 rings (SSSR count). The van der Waals surface area contributed by atoms with E-state index in [1.54, 1.807) is 0 Å². The maximum Gasteiger partial charge on any atom is 0.254 e. The van der Waals surface area contributed by atoms with Gasteiger partial charge < -0.3 is 15.4 Å². The van der Waals surface area contributed by atoms with Crippen LogP contribution < -0.4 is 10.6 Å². The third-order valence-electron chi connectivity index (χ3n) is 2.61. The monoisotopic (exact) mass is 298 g/mol. The normalized spacial score (nSPS) is 10.0. The molecule has 1 aromatic rings. The topological polar surface area (TPSA) is 75.3 Å². The molecule has 2 N–H and O–H groups in total. The lowest BCUT2D eigenvalue weighted by Crippen LogP contribution is -2.35. The zero-order valence-electron chi connectivity index (χ0n) is 11.5. The highest BCUT2D eigenvalue weighted by molar-refractivity contribution is 5.94. The Morgan fingerprint density at radius 2 is 1.71 bits per heavy atom. The van der Waals surface area contributed by atoms with Gasteiger partial charge in [-0.25, -0.2) is 8.78 Å². The summed E-state index contributed by atoms with van der Waals surface area (Å²) in [7, 11) is 0. The van der Waals surface area contributed by atoms with Crippen LogP contribution in [0.5, 0.6) is 0 Å². The molecular weight excluding hydrogens is 282 g/mol. The molecule has 0 saturated heterocycles. The molecule has 5 nitrogen and oxygen atoms in total. The molecule has 0 spiro atoms. The van der Waals surface area contributed by atoms with E-state index in [-0.39, 0.29) is 43.2 Å². The van der Waals surface area contributed by atoms with Crippen molar-refractivity contribution in [2.24, 2.45) is 0 Å². The van der Waals surface area contributed by atoms with E-state index in [0.717, 1.165) is 12.1 Å². The van der Waals surface area contributed by atoms with Crippen LogP contribution in [0.25, 0.3) is 0 Å². The van der Waals surface area contributed by atoms with E-state index in [4.69, 9.17) is 0 Å². The number of Topliss-reactive ketones (excluding diaryl/α,β-unsaturated/α-hetero) is 1. The zero-order chi connectivity index (χ0) is 15.8. The van der Waals surface area contributed by atoms with Gasteiger partial charge in [0.2, 0.25) is 5.91 Å². The average molecular weight is 298 g/mol. The third-order valence-corrected chi connectivity index (χ3v) is 2.61. The standard InChI is InChI=1S/C14H16F2N2O3/c1-9(19)2-5-13(20)17-6-7-18-14(21)11-4-3-10(15)8-12(11)16/h3-4,8H,2,5-7H2,1H3,(H,17,20)(H,18,21). The molecule has 1 aromatic carbocycles. The number of nitrogens with one attached hydrogen (secondary N) is 2. The summed E-state index contributed by atoms with van der Waals surface area (Å²) in [6.45, 7) is 1.65. The maximum atomic E-state index is 13.3. The first-order valence-corrected chi connectivity index (χ1v) is 6.39. The van der Waals surface area contributed by atoms with Crippen molar-refractivity contribution < 1.29 is 23.2 Å². The quantitative estimate of drug-likeness (QED) is 0.742. The van der Waals surface area contributed by atoms with Gasteiger partial charge in [-0.15, -0.1) is 0 Å². The second kappa shape index (κ2) is 8.08. The van der Waals surface area contributed by atoms with Gasteiger partial charge in [0.15, 0.2) is 0 Å². The lowest BCUT2D eigenvalue weighted by molar-refractivity contribution is -0.124. The predicted octanol–water partition coefficient (Wildman–Crippen LogP) is 1.18. The minimum absolute atomic E-state index is 0.0785. The fourth-order valence-corrected chi connectivity index (χ4v) is 1.52. The van der Waals surface area contributed by atoms with E-state index >= 15 is 0 Å². The van der Waals surface area contributed by atoms with Gasteiger partial charge in [0, 0.05) is 32.0 Å². The SMILES string of the molecule is CC(=O)CCC(=O)NCCNC(=O)c1ccc(F)cc1F. The smallest absolute Gasteiger partial charge is 0.254 e. The number of carbonyl (C=O) groups is 3. The molecule has 7 heteroatoms. The van der Waals surface area contributed by atoms with Gasteiger partial charge in [-0.2, -0.15) is 0 Å². The van der Waals surface area contributed by atoms with Crippen LogP contribution in [0.1, 0.15) is 30.1 Å². The van der Waals surface area contributed by atoms with E-state index in [9.17, 15) is 23.2 Å². The molecule has 0 fully saturated rings. The molecule has 0 bridgehead atoms. The largest absolute Gasteiger partial charge is 0.354 e. The number of ketones is 1. The van der Waals surface area contributed by atoms with Crippen molar-refractivity contribution in [3.05, 3.63) is 35.4 Å². The molecule has 21 heavy (non-hydrogen) atoms. The molecule has 0 saturated carbocycles. The minimum atomic E-state index is -0.946. The Labute approximate surface area is 120 Å². The zero-order valence-corrected chi connectivity index (χ0v) is 11.5. The number of halogens is 2. The van der Waals surface area contributed by atoms with E-state index in [2.05, 4.69) is 10.6 Å². The fourth-order valence-electron chi connectivity index (χ4n) is 1.52. The van der Waals surface area contributed by atoms with Crippen LogP contribution in [0.3, 0.4) is 0 Å². The van der Waals surface area contributed by atoms with Gasteiger partial charge in [-0.05, 0) is 19.1 Å². The van der Waals surface area contributed by atoms with Crippen molar-refractivity contribution in [2.75, 3.05) is 13.1 Å². The molecule has 0 aliphatic rings. The molecule has 0 heterocycles. The van der Waals surface area contributed by atoms with E-state index in [1.807, 2.05) is 0 Å². The molecule has 114 valence electrons. The highest BCUT2D eigenvalue weighted by Crippen LogP contribution is 2.08. The minimum Gasteiger partial charge on any atom is -0.354 e. The van der Waals surface area contributed by atoms with Crippen LogP contribution in [-0.2, 0) is 9.59 Å². The van der Waals surface area contributed by atoms with Gasteiger partial charge in [0.05, 0.1) is 5.56 Å². The molecule has 0 unspecified atom stereocenters. The van der Waals surface area contributed by atoms with Crippen molar-refractivity contribution in [3.8, 4) is 0 Å². The summed E-state index contributed by atoms with van der Waals surface area (Å²) in [5, 5.41) is 4.91. The molecule has 0 aromatic heterocycles. The van der Waals surface area contributed by atoms with Crippen molar-refractivity contribution >= 4 is 17.6 Å². The van der Waals surface area contributed by atoms with Crippen LogP contribution in [0.15, 0.2) is 18.2 Å². The number of hydrogen-bond donors (Lipinski definition) is 2. The molecule has 0 atom stereocenters. The van der Waals surface area contributed by atoms with Gasteiger partial charge in [0.1, 0.15) is 17.4 Å². The van der Waals surface area contributed by atoms with Gasteiger partial charge in [-0.1, -0.05) is 0 Å². The summed E-state index contributed by atoms with van der Waals surface area (Å²) < 4.78 is 26.0. The summed E-state index contributed by atoms with van der Waals surface area (Å²) in [6.07, 6.45) is 0.259. The predicted molar refractivity (Wildman–Crippen MR) is 71.6 cm³/mol. The van der Waals surface area contributed by atoms with Crippen molar-refractivity contribution in [1.82, 2.24) is 10.6 Å². The molecule has 2 amide bonds. The third kappa shape index (κ3) is 6.11. The Morgan fingerprint density at radius 1 is 1.05 bits per heavy atom. The van der Waals surface area contributed by atoms with E-state index in [0.29, 0.717) is 6.07 Å². The van der Waals surface area contributed by atoms with Crippen LogP contribution in [0.4, 0.5) is 8.78 Å². The van der Waals surface area contributed by atoms with Crippen LogP contribution in [0.2, 0.25) is 0 Å². The van der Waals surface area contributed by atoms with E-state index < -0.39 is 17.5 Å². The summed E-state index contributed by atoms with van der Waals surface area (Å²) in [6, 6.07) is 2.66. The second-order valence-electron chi connectivity index (χ2n) is 4.43. The summed E-state index contributed by atoms with van der Waals surface area (Å²) >= 11 is 0. The number of benzene rings is 1. The summed E-state index contributed by atoms with van der Waals surface area (Å²) in [5.41, 5.74) is -0.265. The summed E-state index contributed by atoms with van der Waals surface area (Å²) in [4.78, 5) is 33.6. The molecule has 0 aliphatic heterocycles. The Bertz CT molecular complexity index is 547. The summed E-state index contributed by atoms with van der Waals surface area (Å²) in [5.74, 6) is -2.78. The maximum absolute atomic E-state index is 13.3.